The number of anilines is 1. The van der Waals surface area contributed by atoms with Crippen molar-refractivity contribution in [3.8, 4) is 10.4 Å². The van der Waals surface area contributed by atoms with Crippen LogP contribution in [0, 0.1) is 6.92 Å². The summed E-state index contributed by atoms with van der Waals surface area (Å²) < 4.78 is 0. The Labute approximate surface area is 125 Å². The van der Waals surface area contributed by atoms with E-state index in [1.807, 2.05) is 24.3 Å². The van der Waals surface area contributed by atoms with Crippen molar-refractivity contribution in [3.05, 3.63) is 41.0 Å². The van der Waals surface area contributed by atoms with Gasteiger partial charge in [0.1, 0.15) is 5.00 Å². The molecule has 0 spiro atoms. The standard InChI is InChI=1S/C14H16N4O2S/c1-7-10(12(16)19)13(18-14(17)20)21-11(7)9-4-2-8(6-15)3-5-9/h2-5H,6,15H2,1H3,(H2,16,19)(H3,17,18,20). The molecular weight excluding hydrogens is 288 g/mol. The van der Waals surface area contributed by atoms with Crippen LogP contribution in [0.1, 0.15) is 21.5 Å². The second-order valence-electron chi connectivity index (χ2n) is 4.51. The predicted molar refractivity (Wildman–Crippen MR) is 84.1 cm³/mol. The SMILES string of the molecule is Cc1c(-c2ccc(CN)cc2)sc(NC(N)=O)c1C(N)=O. The van der Waals surface area contributed by atoms with Gasteiger partial charge in [-0.3, -0.25) is 10.1 Å². The van der Waals surface area contributed by atoms with Gasteiger partial charge < -0.3 is 17.2 Å². The summed E-state index contributed by atoms with van der Waals surface area (Å²) in [5.74, 6) is -0.600. The molecule has 7 heteroatoms. The predicted octanol–water partition coefficient (Wildman–Crippen LogP) is 1.77. The lowest BCUT2D eigenvalue weighted by molar-refractivity contribution is 0.100. The van der Waals surface area contributed by atoms with E-state index in [9.17, 15) is 9.59 Å². The largest absolute Gasteiger partial charge is 0.365 e. The number of carbonyl (C=O) groups is 2. The van der Waals surface area contributed by atoms with Gasteiger partial charge in [0, 0.05) is 11.4 Å². The fraction of sp³-hybridized carbons (Fsp3) is 0.143. The zero-order chi connectivity index (χ0) is 15.6. The number of nitrogens with one attached hydrogen (secondary N) is 1. The van der Waals surface area contributed by atoms with Gasteiger partial charge in [0.2, 0.25) is 0 Å². The molecule has 1 aromatic carbocycles. The Balaban J connectivity index is 2.53. The summed E-state index contributed by atoms with van der Waals surface area (Å²) in [4.78, 5) is 23.5. The van der Waals surface area contributed by atoms with Gasteiger partial charge in [-0.1, -0.05) is 24.3 Å². The minimum absolute atomic E-state index is 0.289. The van der Waals surface area contributed by atoms with E-state index in [1.165, 1.54) is 11.3 Å². The molecule has 1 aromatic heterocycles. The van der Waals surface area contributed by atoms with Gasteiger partial charge in [-0.2, -0.15) is 0 Å². The summed E-state index contributed by atoms with van der Waals surface area (Å²) in [5, 5.41) is 2.81. The van der Waals surface area contributed by atoms with E-state index in [0.717, 1.165) is 21.6 Å². The third-order valence-corrected chi connectivity index (χ3v) is 4.34. The van der Waals surface area contributed by atoms with E-state index >= 15 is 0 Å². The Morgan fingerprint density at radius 3 is 2.29 bits per heavy atom. The monoisotopic (exact) mass is 304 g/mol. The third-order valence-electron chi connectivity index (χ3n) is 3.08. The van der Waals surface area contributed by atoms with Crippen LogP contribution in [-0.4, -0.2) is 11.9 Å². The van der Waals surface area contributed by atoms with E-state index in [0.29, 0.717) is 11.5 Å². The molecule has 0 saturated heterocycles. The second-order valence-corrected chi connectivity index (χ2v) is 5.54. The minimum atomic E-state index is -0.733. The number of benzene rings is 1. The molecule has 2 aromatic rings. The average Bonchev–Trinajstić information content (AvgIpc) is 2.75. The van der Waals surface area contributed by atoms with E-state index < -0.39 is 11.9 Å². The molecule has 7 N–H and O–H groups in total. The molecule has 21 heavy (non-hydrogen) atoms. The summed E-state index contributed by atoms with van der Waals surface area (Å²) in [5.41, 5.74) is 19.0. The smallest absolute Gasteiger partial charge is 0.317 e. The lowest BCUT2D eigenvalue weighted by atomic mass is 10.0. The van der Waals surface area contributed by atoms with Crippen LogP contribution in [0.4, 0.5) is 9.80 Å². The fourth-order valence-corrected chi connectivity index (χ4v) is 3.30. The molecule has 0 unspecified atom stereocenters. The highest BCUT2D eigenvalue weighted by atomic mass is 32.1. The number of urea groups is 1. The molecule has 0 aliphatic rings. The molecule has 1 heterocycles. The van der Waals surface area contributed by atoms with Crippen molar-refractivity contribution in [2.75, 3.05) is 5.32 Å². The van der Waals surface area contributed by atoms with Crippen LogP contribution in [-0.2, 0) is 6.54 Å². The van der Waals surface area contributed by atoms with Crippen molar-refractivity contribution >= 4 is 28.3 Å². The Hall–Kier alpha value is -2.38. The Bertz CT molecular complexity index is 692. The van der Waals surface area contributed by atoms with Crippen LogP contribution in [0.3, 0.4) is 0 Å². The lowest BCUT2D eigenvalue weighted by Gasteiger charge is -2.02. The first kappa shape index (κ1) is 15.0. The number of rotatable bonds is 4. The Morgan fingerprint density at radius 1 is 1.19 bits per heavy atom. The van der Waals surface area contributed by atoms with Crippen molar-refractivity contribution in [1.29, 1.82) is 0 Å². The van der Waals surface area contributed by atoms with E-state index in [2.05, 4.69) is 5.32 Å². The maximum absolute atomic E-state index is 11.6. The van der Waals surface area contributed by atoms with Crippen molar-refractivity contribution in [2.24, 2.45) is 17.2 Å². The molecule has 0 atom stereocenters. The average molecular weight is 304 g/mol. The molecule has 6 nitrogen and oxygen atoms in total. The number of nitrogens with two attached hydrogens (primary N) is 3. The van der Waals surface area contributed by atoms with Crippen molar-refractivity contribution < 1.29 is 9.59 Å². The third kappa shape index (κ3) is 3.04. The number of thiophene rings is 1. The Kier molecular flexibility index (Phi) is 4.25. The van der Waals surface area contributed by atoms with E-state index in [4.69, 9.17) is 17.2 Å². The highest BCUT2D eigenvalue weighted by Gasteiger charge is 2.20. The maximum Gasteiger partial charge on any atom is 0.317 e. The summed E-state index contributed by atoms with van der Waals surface area (Å²) in [6.07, 6.45) is 0. The molecule has 0 saturated carbocycles. The van der Waals surface area contributed by atoms with Gasteiger partial charge in [0.05, 0.1) is 5.56 Å². The minimum Gasteiger partial charge on any atom is -0.365 e. The van der Waals surface area contributed by atoms with Crippen LogP contribution in [0.15, 0.2) is 24.3 Å². The van der Waals surface area contributed by atoms with Crippen LogP contribution in [0.2, 0.25) is 0 Å². The van der Waals surface area contributed by atoms with E-state index in [-0.39, 0.29) is 5.56 Å². The van der Waals surface area contributed by atoms with Crippen LogP contribution < -0.4 is 22.5 Å². The van der Waals surface area contributed by atoms with Gasteiger partial charge in [0.25, 0.3) is 5.91 Å². The van der Waals surface area contributed by atoms with Crippen LogP contribution in [0.5, 0.6) is 0 Å². The first-order valence-electron chi connectivity index (χ1n) is 6.23. The van der Waals surface area contributed by atoms with Crippen molar-refractivity contribution in [2.45, 2.75) is 13.5 Å². The van der Waals surface area contributed by atoms with Gasteiger partial charge in [-0.05, 0) is 23.6 Å². The van der Waals surface area contributed by atoms with Gasteiger partial charge in [-0.15, -0.1) is 11.3 Å². The summed E-state index contributed by atoms with van der Waals surface area (Å²) in [6, 6.07) is 6.93. The zero-order valence-corrected chi connectivity index (χ0v) is 12.3. The topological polar surface area (TPSA) is 124 Å². The van der Waals surface area contributed by atoms with Crippen molar-refractivity contribution in [3.63, 3.8) is 0 Å². The van der Waals surface area contributed by atoms with Crippen LogP contribution >= 0.6 is 11.3 Å². The first-order chi connectivity index (χ1) is 9.93. The highest BCUT2D eigenvalue weighted by Crippen LogP contribution is 2.39. The number of carbonyl (C=O) groups excluding carboxylic acids is 2. The fourth-order valence-electron chi connectivity index (χ4n) is 2.08. The number of hydrogen-bond acceptors (Lipinski definition) is 4. The normalized spacial score (nSPS) is 10.4. The summed E-state index contributed by atoms with van der Waals surface area (Å²) in [7, 11) is 0. The molecule has 0 bridgehead atoms. The lowest BCUT2D eigenvalue weighted by Crippen LogP contribution is -2.21. The number of amides is 3. The molecular formula is C14H16N4O2S. The molecule has 0 aliphatic carbocycles. The molecule has 0 radical (unpaired) electrons. The summed E-state index contributed by atoms with van der Waals surface area (Å²) >= 11 is 1.27. The number of hydrogen-bond donors (Lipinski definition) is 4. The molecule has 110 valence electrons. The molecule has 2 rings (SSSR count). The quantitative estimate of drug-likeness (QED) is 0.688. The molecule has 0 fully saturated rings. The maximum atomic E-state index is 11.6. The Morgan fingerprint density at radius 2 is 1.81 bits per heavy atom. The van der Waals surface area contributed by atoms with Gasteiger partial charge in [-0.25, -0.2) is 4.79 Å². The highest BCUT2D eigenvalue weighted by molar-refractivity contribution is 7.20. The first-order valence-corrected chi connectivity index (χ1v) is 7.04. The molecule has 0 aliphatic heterocycles. The second kappa shape index (κ2) is 5.94. The summed E-state index contributed by atoms with van der Waals surface area (Å²) in [6.45, 7) is 2.25. The van der Waals surface area contributed by atoms with E-state index in [1.54, 1.807) is 6.92 Å². The number of primary amides is 2. The van der Waals surface area contributed by atoms with Crippen LogP contribution in [0.25, 0.3) is 10.4 Å². The van der Waals surface area contributed by atoms with Crippen molar-refractivity contribution in [1.82, 2.24) is 0 Å². The molecule has 3 amide bonds. The van der Waals surface area contributed by atoms with Gasteiger partial charge >= 0.3 is 6.03 Å². The zero-order valence-electron chi connectivity index (χ0n) is 11.5. The van der Waals surface area contributed by atoms with Gasteiger partial charge in [0.15, 0.2) is 0 Å².